The highest BCUT2D eigenvalue weighted by Crippen LogP contribution is 2.23. The van der Waals surface area contributed by atoms with Crippen molar-refractivity contribution in [3.8, 4) is 11.3 Å². The second-order valence-electron chi connectivity index (χ2n) is 5.98. The first-order valence-corrected chi connectivity index (χ1v) is 8.42. The number of carbonyl (C=O) groups is 1. The average molecular weight is 352 g/mol. The van der Waals surface area contributed by atoms with Gasteiger partial charge in [0.1, 0.15) is 5.82 Å². The lowest BCUT2D eigenvalue weighted by Gasteiger charge is -2.07. The van der Waals surface area contributed by atoms with Gasteiger partial charge in [0, 0.05) is 24.3 Å². The van der Waals surface area contributed by atoms with E-state index in [1.807, 2.05) is 58.8 Å². The molecular formula is C21H21FN2O2+2. The van der Waals surface area contributed by atoms with Crippen molar-refractivity contribution in [2.45, 2.75) is 20.0 Å². The van der Waals surface area contributed by atoms with Crippen molar-refractivity contribution in [2.24, 2.45) is 0 Å². The van der Waals surface area contributed by atoms with Crippen LogP contribution in [0.4, 0.5) is 4.39 Å². The molecule has 4 nitrogen and oxygen atoms in total. The number of carbonyl (C=O) groups excluding carboxylic acids is 1. The third kappa shape index (κ3) is 3.61. The van der Waals surface area contributed by atoms with Gasteiger partial charge in [0.25, 0.3) is 5.69 Å². The number of halogens is 1. The van der Waals surface area contributed by atoms with Crippen LogP contribution in [0, 0.1) is 12.7 Å². The molecule has 0 amide bonds. The number of nitrogens with zero attached hydrogens (tertiary/aromatic N) is 2. The van der Waals surface area contributed by atoms with Crippen molar-refractivity contribution in [1.82, 2.24) is 0 Å². The number of pyridine rings is 2. The predicted octanol–water partition coefficient (Wildman–Crippen LogP) is 2.86. The lowest BCUT2D eigenvalue weighted by Crippen LogP contribution is -2.48. The average Bonchev–Trinajstić information content (AvgIpc) is 2.66. The van der Waals surface area contributed by atoms with Gasteiger partial charge < -0.3 is 4.74 Å². The van der Waals surface area contributed by atoms with Gasteiger partial charge in [0.15, 0.2) is 12.4 Å². The Morgan fingerprint density at radius 3 is 2.38 bits per heavy atom. The van der Waals surface area contributed by atoms with E-state index in [0.717, 1.165) is 11.3 Å². The summed E-state index contributed by atoms with van der Waals surface area (Å²) in [5.41, 5.74) is 2.77. The monoisotopic (exact) mass is 352 g/mol. The topological polar surface area (TPSA) is 34.1 Å². The lowest BCUT2D eigenvalue weighted by atomic mass is 10.0. The van der Waals surface area contributed by atoms with E-state index in [1.165, 1.54) is 13.2 Å². The largest absolute Gasteiger partial charge is 0.461 e. The summed E-state index contributed by atoms with van der Waals surface area (Å²) in [6, 6.07) is 16.2. The van der Waals surface area contributed by atoms with Crippen LogP contribution < -0.4 is 9.13 Å². The molecule has 2 heterocycles. The quantitative estimate of drug-likeness (QED) is 0.523. The summed E-state index contributed by atoms with van der Waals surface area (Å²) in [7, 11) is 1.37. The SMILES string of the molecule is COC(=O)c1cccc[n+]1CC[n+]1ccccc1-c1c(C)cccc1F. The van der Waals surface area contributed by atoms with Crippen LogP contribution in [0.5, 0.6) is 0 Å². The van der Waals surface area contributed by atoms with Crippen LogP contribution >= 0.6 is 0 Å². The van der Waals surface area contributed by atoms with Crippen molar-refractivity contribution < 1.29 is 23.1 Å². The van der Waals surface area contributed by atoms with Gasteiger partial charge in [-0.15, -0.1) is 0 Å². The minimum absolute atomic E-state index is 0.243. The lowest BCUT2D eigenvalue weighted by molar-refractivity contribution is -0.774. The minimum atomic E-state index is -0.381. The van der Waals surface area contributed by atoms with Gasteiger partial charge in [-0.2, -0.15) is 9.13 Å². The van der Waals surface area contributed by atoms with Gasteiger partial charge in [-0.25, -0.2) is 9.18 Å². The first kappa shape index (κ1) is 17.7. The zero-order valence-electron chi connectivity index (χ0n) is 14.9. The standard InChI is InChI=1S/C21H21FN2O2/c1-16-8-7-9-17(22)20(16)18-10-3-5-12-23(18)14-15-24-13-6-4-11-19(24)21(25)26-2/h3-13H,14-15H2,1-2H3/q+2. The van der Waals surface area contributed by atoms with E-state index in [-0.39, 0.29) is 11.8 Å². The number of aromatic nitrogens is 2. The van der Waals surface area contributed by atoms with E-state index >= 15 is 0 Å². The summed E-state index contributed by atoms with van der Waals surface area (Å²) >= 11 is 0. The molecule has 0 spiro atoms. The Morgan fingerprint density at radius 1 is 0.962 bits per heavy atom. The molecule has 2 aromatic heterocycles. The number of hydrogen-bond donors (Lipinski definition) is 0. The van der Waals surface area contributed by atoms with E-state index in [9.17, 15) is 9.18 Å². The minimum Gasteiger partial charge on any atom is -0.461 e. The van der Waals surface area contributed by atoms with Crippen molar-refractivity contribution in [1.29, 1.82) is 0 Å². The smallest absolute Gasteiger partial charge is 0.403 e. The molecule has 0 saturated heterocycles. The van der Waals surface area contributed by atoms with E-state index < -0.39 is 0 Å². The zero-order valence-corrected chi connectivity index (χ0v) is 14.9. The van der Waals surface area contributed by atoms with Crippen LogP contribution in [0.3, 0.4) is 0 Å². The number of aryl methyl sites for hydroxylation is 3. The molecule has 132 valence electrons. The van der Waals surface area contributed by atoms with Gasteiger partial charge in [-0.1, -0.05) is 12.1 Å². The van der Waals surface area contributed by atoms with Gasteiger partial charge in [-0.05, 0) is 30.7 Å². The highest BCUT2D eigenvalue weighted by molar-refractivity contribution is 5.85. The Morgan fingerprint density at radius 2 is 1.65 bits per heavy atom. The number of benzene rings is 1. The van der Waals surface area contributed by atoms with Crippen LogP contribution in [-0.2, 0) is 17.8 Å². The van der Waals surface area contributed by atoms with E-state index in [1.54, 1.807) is 18.2 Å². The number of rotatable bonds is 5. The first-order chi connectivity index (χ1) is 12.6. The molecule has 0 atom stereocenters. The van der Waals surface area contributed by atoms with E-state index in [0.29, 0.717) is 24.3 Å². The van der Waals surface area contributed by atoms with Crippen molar-refractivity contribution >= 4 is 5.97 Å². The Kier molecular flexibility index (Phi) is 5.37. The highest BCUT2D eigenvalue weighted by atomic mass is 19.1. The highest BCUT2D eigenvalue weighted by Gasteiger charge is 2.23. The second kappa shape index (κ2) is 7.87. The van der Waals surface area contributed by atoms with Gasteiger partial charge in [0.05, 0.1) is 12.7 Å². The summed E-state index contributed by atoms with van der Waals surface area (Å²) in [4.78, 5) is 11.9. The molecular weight excluding hydrogens is 331 g/mol. The summed E-state index contributed by atoms with van der Waals surface area (Å²) in [6.45, 7) is 3.04. The Bertz CT molecular complexity index is 921. The number of methoxy groups -OCH3 is 1. The van der Waals surface area contributed by atoms with Gasteiger partial charge >= 0.3 is 5.97 Å². The molecule has 5 heteroatoms. The normalized spacial score (nSPS) is 10.6. The fraction of sp³-hybridized carbons (Fsp3) is 0.190. The molecule has 0 radical (unpaired) electrons. The van der Waals surface area contributed by atoms with E-state index in [4.69, 9.17) is 4.74 Å². The molecule has 3 rings (SSSR count). The first-order valence-electron chi connectivity index (χ1n) is 8.42. The van der Waals surface area contributed by atoms with Crippen LogP contribution in [-0.4, -0.2) is 13.1 Å². The maximum atomic E-state index is 14.4. The van der Waals surface area contributed by atoms with Crippen LogP contribution in [0.2, 0.25) is 0 Å². The third-order valence-corrected chi connectivity index (χ3v) is 4.34. The fourth-order valence-electron chi connectivity index (χ4n) is 3.03. The second-order valence-corrected chi connectivity index (χ2v) is 5.98. The molecule has 26 heavy (non-hydrogen) atoms. The molecule has 0 saturated carbocycles. The number of esters is 1. The molecule has 0 aliphatic heterocycles. The molecule has 0 aliphatic carbocycles. The Labute approximate surface area is 152 Å². The third-order valence-electron chi connectivity index (χ3n) is 4.34. The van der Waals surface area contributed by atoms with Crippen molar-refractivity contribution in [3.63, 3.8) is 0 Å². The van der Waals surface area contributed by atoms with Crippen molar-refractivity contribution in [2.75, 3.05) is 7.11 Å². The number of hydrogen-bond acceptors (Lipinski definition) is 2. The summed E-state index contributed by atoms with van der Waals surface area (Å²) in [5, 5.41) is 0. The van der Waals surface area contributed by atoms with Crippen LogP contribution in [0.1, 0.15) is 16.1 Å². The van der Waals surface area contributed by atoms with Crippen LogP contribution in [0.25, 0.3) is 11.3 Å². The summed E-state index contributed by atoms with van der Waals surface area (Å²) < 4.78 is 23.1. The molecule has 1 aromatic carbocycles. The molecule has 3 aromatic rings. The van der Waals surface area contributed by atoms with Crippen LogP contribution in [0.15, 0.2) is 67.0 Å². The molecule has 0 unspecified atom stereocenters. The predicted molar refractivity (Wildman–Crippen MR) is 94.7 cm³/mol. The Balaban J connectivity index is 1.93. The molecule has 0 fully saturated rings. The summed E-state index contributed by atoms with van der Waals surface area (Å²) in [6.07, 6.45) is 3.76. The molecule has 0 bridgehead atoms. The van der Waals surface area contributed by atoms with Gasteiger partial charge in [-0.3, -0.25) is 0 Å². The van der Waals surface area contributed by atoms with Gasteiger partial charge in [0.2, 0.25) is 18.8 Å². The Hall–Kier alpha value is -3.08. The zero-order chi connectivity index (χ0) is 18.5. The molecule has 0 aliphatic rings. The fourth-order valence-corrected chi connectivity index (χ4v) is 3.03. The molecule has 0 N–H and O–H groups in total. The van der Waals surface area contributed by atoms with Crippen molar-refractivity contribution in [3.05, 3.63) is 84.1 Å². The maximum Gasteiger partial charge on any atom is 0.403 e. The maximum absolute atomic E-state index is 14.4. The van der Waals surface area contributed by atoms with E-state index in [2.05, 4.69) is 0 Å². The summed E-state index contributed by atoms with van der Waals surface area (Å²) in [5.74, 6) is -0.624. The number of ether oxygens (including phenoxy) is 1.